The molecule has 1 N–H and O–H groups in total. The molecule has 4 aromatic rings. The van der Waals surface area contributed by atoms with Crippen molar-refractivity contribution in [2.45, 2.75) is 20.1 Å². The number of nitriles is 1. The first kappa shape index (κ1) is 30.3. The topological polar surface area (TPSA) is 80.6 Å². The van der Waals surface area contributed by atoms with Crippen molar-refractivity contribution in [3.63, 3.8) is 0 Å². The molecule has 0 unspecified atom stereocenters. The Morgan fingerprint density at radius 3 is 2.32 bits per heavy atom. The number of hydrogen-bond acceptors (Lipinski definition) is 5. The first-order chi connectivity index (χ1) is 19.9. The Morgan fingerprint density at radius 1 is 0.902 bits per heavy atom. The molecule has 0 aliphatic heterocycles. The molecule has 9 heteroatoms. The zero-order valence-electron chi connectivity index (χ0n) is 22.0. The average molecular weight is 699 g/mol. The first-order valence-corrected chi connectivity index (χ1v) is 14.4. The molecular weight excluding hydrogens is 674 g/mol. The average Bonchev–Trinajstić information content (AvgIpc) is 2.97. The second kappa shape index (κ2) is 14.8. The molecule has 0 heterocycles. The molecule has 0 radical (unpaired) electrons. The largest absolute Gasteiger partial charge is 0.490 e. The van der Waals surface area contributed by atoms with Gasteiger partial charge in [0, 0.05) is 5.69 Å². The van der Waals surface area contributed by atoms with Crippen molar-refractivity contribution in [2.24, 2.45) is 0 Å². The third-order valence-electron chi connectivity index (χ3n) is 5.74. The van der Waals surface area contributed by atoms with Crippen molar-refractivity contribution < 1.29 is 19.0 Å². The van der Waals surface area contributed by atoms with Gasteiger partial charge in [0.05, 0.1) is 20.2 Å². The van der Waals surface area contributed by atoms with Gasteiger partial charge >= 0.3 is 0 Å². The maximum atomic E-state index is 12.9. The fourth-order valence-corrected chi connectivity index (χ4v) is 4.85. The minimum atomic E-state index is -0.529. The number of nitrogens with one attached hydrogen (secondary N) is 1. The molecule has 0 atom stereocenters. The van der Waals surface area contributed by atoms with Crippen molar-refractivity contribution in [1.29, 1.82) is 5.26 Å². The summed E-state index contributed by atoms with van der Waals surface area (Å²) in [5.41, 5.74) is 3.01. The van der Waals surface area contributed by atoms with Crippen LogP contribution in [0.1, 0.15) is 23.6 Å². The van der Waals surface area contributed by atoms with Crippen LogP contribution in [0.3, 0.4) is 0 Å². The van der Waals surface area contributed by atoms with Gasteiger partial charge in [0.25, 0.3) is 5.91 Å². The fourth-order valence-electron chi connectivity index (χ4n) is 3.75. The Morgan fingerprint density at radius 2 is 1.63 bits per heavy atom. The van der Waals surface area contributed by atoms with Gasteiger partial charge in [0.1, 0.15) is 30.6 Å². The number of ether oxygens (including phenoxy) is 3. The zero-order chi connectivity index (χ0) is 29.2. The molecule has 0 spiro atoms. The van der Waals surface area contributed by atoms with E-state index < -0.39 is 5.91 Å². The van der Waals surface area contributed by atoms with Crippen molar-refractivity contribution in [1.82, 2.24) is 0 Å². The van der Waals surface area contributed by atoms with Gasteiger partial charge in [0.2, 0.25) is 0 Å². The summed E-state index contributed by atoms with van der Waals surface area (Å²) < 4.78 is 18.4. The van der Waals surface area contributed by atoms with Crippen molar-refractivity contribution in [2.75, 3.05) is 11.9 Å². The zero-order valence-corrected chi connectivity index (χ0v) is 25.7. The molecular formula is C32H25Cl2IN2O4. The van der Waals surface area contributed by atoms with E-state index in [1.165, 1.54) is 6.08 Å². The monoisotopic (exact) mass is 698 g/mol. The summed E-state index contributed by atoms with van der Waals surface area (Å²) in [4.78, 5) is 12.9. The molecule has 0 bridgehead atoms. The van der Waals surface area contributed by atoms with Gasteiger partial charge in [-0.05, 0) is 101 Å². The van der Waals surface area contributed by atoms with E-state index in [-0.39, 0.29) is 12.2 Å². The smallest absolute Gasteiger partial charge is 0.266 e. The molecule has 1 amide bonds. The minimum Gasteiger partial charge on any atom is -0.490 e. The Kier molecular flexibility index (Phi) is 10.9. The fraction of sp³-hybridized carbons (Fsp3) is 0.125. The summed E-state index contributed by atoms with van der Waals surface area (Å²) >= 11 is 14.3. The molecule has 208 valence electrons. The van der Waals surface area contributed by atoms with Crippen LogP contribution in [0.15, 0.2) is 90.5 Å². The lowest BCUT2D eigenvalue weighted by atomic mass is 10.1. The van der Waals surface area contributed by atoms with Gasteiger partial charge < -0.3 is 19.5 Å². The Bertz CT molecular complexity index is 1590. The number of amides is 1. The van der Waals surface area contributed by atoms with Gasteiger partial charge in [-0.2, -0.15) is 5.26 Å². The summed E-state index contributed by atoms with van der Waals surface area (Å²) in [5, 5.41) is 13.4. The molecule has 4 aromatic carbocycles. The van der Waals surface area contributed by atoms with E-state index >= 15 is 0 Å². The Hall–Kier alpha value is -3.71. The predicted octanol–water partition coefficient (Wildman–Crippen LogP) is 8.70. The maximum Gasteiger partial charge on any atom is 0.266 e. The molecule has 41 heavy (non-hydrogen) atoms. The minimum absolute atomic E-state index is 0.0582. The lowest BCUT2D eigenvalue weighted by Crippen LogP contribution is -2.13. The summed E-state index contributed by atoms with van der Waals surface area (Å²) in [5.74, 6) is 1.18. The van der Waals surface area contributed by atoms with Crippen molar-refractivity contribution in [3.05, 3.63) is 121 Å². The first-order valence-electron chi connectivity index (χ1n) is 12.6. The summed E-state index contributed by atoms with van der Waals surface area (Å²) in [6.45, 7) is 2.97. The number of carbonyl (C=O) groups excluding carboxylic acids is 1. The van der Waals surface area contributed by atoms with Crippen LogP contribution >= 0.6 is 45.8 Å². The van der Waals surface area contributed by atoms with Gasteiger partial charge in [0.15, 0.2) is 11.5 Å². The van der Waals surface area contributed by atoms with Gasteiger partial charge in [-0.3, -0.25) is 4.79 Å². The third kappa shape index (κ3) is 8.64. The summed E-state index contributed by atoms with van der Waals surface area (Å²) in [6, 6.07) is 27.7. The van der Waals surface area contributed by atoms with Crippen LogP contribution in [0.5, 0.6) is 17.2 Å². The van der Waals surface area contributed by atoms with Gasteiger partial charge in [-0.1, -0.05) is 59.6 Å². The van der Waals surface area contributed by atoms with E-state index in [0.29, 0.717) is 51.8 Å². The second-order valence-corrected chi connectivity index (χ2v) is 10.7. The SMILES string of the molecule is CCOc1cc(/C=C(\C#N)C(=O)Nc2ccc(OCc3ccccc3)cc2)cc(I)c1OCc1ccc(Cl)c(Cl)c1. The van der Waals surface area contributed by atoms with E-state index in [4.69, 9.17) is 37.4 Å². The van der Waals surface area contributed by atoms with Crippen molar-refractivity contribution in [3.8, 4) is 23.3 Å². The van der Waals surface area contributed by atoms with Crippen LogP contribution in [-0.4, -0.2) is 12.5 Å². The van der Waals surface area contributed by atoms with E-state index in [9.17, 15) is 10.1 Å². The van der Waals surface area contributed by atoms with Crippen LogP contribution in [0.25, 0.3) is 6.08 Å². The normalized spacial score (nSPS) is 11.0. The molecule has 0 saturated carbocycles. The highest BCUT2D eigenvalue weighted by molar-refractivity contribution is 14.1. The highest BCUT2D eigenvalue weighted by Crippen LogP contribution is 2.36. The van der Waals surface area contributed by atoms with E-state index in [0.717, 1.165) is 14.7 Å². The number of nitrogens with zero attached hydrogens (tertiary/aromatic N) is 1. The van der Waals surface area contributed by atoms with E-state index in [1.807, 2.05) is 55.5 Å². The lowest BCUT2D eigenvalue weighted by Gasteiger charge is -2.15. The van der Waals surface area contributed by atoms with Crippen LogP contribution in [-0.2, 0) is 18.0 Å². The van der Waals surface area contributed by atoms with Crippen LogP contribution in [0.2, 0.25) is 10.0 Å². The standard InChI is InChI=1S/C32H25Cl2IN2O4/c1-2-39-30-17-23(16-29(35)31(30)41-20-22-8-13-27(33)28(34)15-22)14-24(18-36)32(38)37-25-9-11-26(12-10-25)40-19-21-6-4-3-5-7-21/h3-17H,2,19-20H2,1H3,(H,37,38)/b24-14+. The molecule has 6 nitrogen and oxygen atoms in total. The van der Waals surface area contributed by atoms with Crippen LogP contribution in [0, 0.1) is 14.9 Å². The Balaban J connectivity index is 1.45. The third-order valence-corrected chi connectivity index (χ3v) is 7.28. The number of benzene rings is 4. The molecule has 4 rings (SSSR count). The van der Waals surface area contributed by atoms with E-state index in [2.05, 4.69) is 27.9 Å². The highest BCUT2D eigenvalue weighted by Gasteiger charge is 2.15. The van der Waals surface area contributed by atoms with Crippen molar-refractivity contribution >= 4 is 63.5 Å². The van der Waals surface area contributed by atoms with Gasteiger partial charge in [-0.25, -0.2) is 0 Å². The molecule has 0 aromatic heterocycles. The molecule has 0 aliphatic rings. The number of halogens is 3. The second-order valence-electron chi connectivity index (χ2n) is 8.72. The maximum absolute atomic E-state index is 12.9. The Labute approximate surface area is 262 Å². The van der Waals surface area contributed by atoms with E-state index in [1.54, 1.807) is 42.5 Å². The molecule has 0 aliphatic carbocycles. The quantitative estimate of drug-likeness (QED) is 0.0963. The van der Waals surface area contributed by atoms with Crippen LogP contribution < -0.4 is 19.5 Å². The summed E-state index contributed by atoms with van der Waals surface area (Å²) in [6.07, 6.45) is 1.51. The number of rotatable bonds is 11. The van der Waals surface area contributed by atoms with Crippen LogP contribution in [0.4, 0.5) is 5.69 Å². The lowest BCUT2D eigenvalue weighted by molar-refractivity contribution is -0.112. The number of anilines is 1. The summed E-state index contributed by atoms with van der Waals surface area (Å²) in [7, 11) is 0. The van der Waals surface area contributed by atoms with Gasteiger partial charge in [-0.15, -0.1) is 0 Å². The molecule has 0 saturated heterocycles. The molecule has 0 fully saturated rings. The predicted molar refractivity (Wildman–Crippen MR) is 171 cm³/mol. The number of hydrogen-bond donors (Lipinski definition) is 1. The highest BCUT2D eigenvalue weighted by atomic mass is 127. The number of carbonyl (C=O) groups is 1.